The van der Waals surface area contributed by atoms with Crippen LogP contribution < -0.4 is 10.9 Å². The van der Waals surface area contributed by atoms with E-state index < -0.39 is 0 Å². The van der Waals surface area contributed by atoms with Crippen molar-refractivity contribution >= 4 is 22.5 Å². The standard InChI is InChI=1S/C19H18N2O2/c1-3-21-17-7-5-4-6-14(17)12-16(19(21)23)18(22)20-15-10-8-13(2)9-11-15/h4-12H,3H2,1-2H3,(H,20,22). The van der Waals surface area contributed by atoms with Gasteiger partial charge in [-0.25, -0.2) is 0 Å². The van der Waals surface area contributed by atoms with E-state index >= 15 is 0 Å². The third-order valence-electron chi connectivity index (χ3n) is 3.87. The highest BCUT2D eigenvalue weighted by Crippen LogP contribution is 2.15. The summed E-state index contributed by atoms with van der Waals surface area (Å²) < 4.78 is 1.62. The van der Waals surface area contributed by atoms with Crippen molar-refractivity contribution in [1.29, 1.82) is 0 Å². The molecule has 0 aliphatic heterocycles. The van der Waals surface area contributed by atoms with E-state index in [0.717, 1.165) is 16.5 Å². The van der Waals surface area contributed by atoms with E-state index in [4.69, 9.17) is 0 Å². The lowest BCUT2D eigenvalue weighted by atomic mass is 10.1. The molecule has 0 saturated carbocycles. The summed E-state index contributed by atoms with van der Waals surface area (Å²) in [6.45, 7) is 4.40. The highest BCUT2D eigenvalue weighted by atomic mass is 16.2. The monoisotopic (exact) mass is 306 g/mol. The van der Waals surface area contributed by atoms with Crippen molar-refractivity contribution < 1.29 is 4.79 Å². The molecule has 23 heavy (non-hydrogen) atoms. The van der Waals surface area contributed by atoms with Crippen molar-refractivity contribution in [2.45, 2.75) is 20.4 Å². The van der Waals surface area contributed by atoms with E-state index in [1.54, 1.807) is 10.6 Å². The van der Waals surface area contributed by atoms with Gasteiger partial charge in [-0.1, -0.05) is 35.9 Å². The molecule has 4 heteroatoms. The Morgan fingerprint density at radius 3 is 2.48 bits per heavy atom. The third kappa shape index (κ3) is 2.88. The minimum absolute atomic E-state index is 0.158. The zero-order chi connectivity index (χ0) is 16.4. The van der Waals surface area contributed by atoms with Crippen LogP contribution in [0.25, 0.3) is 10.9 Å². The average molecular weight is 306 g/mol. The molecule has 0 saturated heterocycles. The van der Waals surface area contributed by atoms with Crippen LogP contribution in [0, 0.1) is 6.92 Å². The number of aryl methyl sites for hydroxylation is 2. The lowest BCUT2D eigenvalue weighted by Gasteiger charge is -2.11. The number of hydrogen-bond acceptors (Lipinski definition) is 2. The number of fused-ring (bicyclic) bond motifs is 1. The summed E-state index contributed by atoms with van der Waals surface area (Å²) in [5, 5.41) is 3.67. The molecular formula is C19H18N2O2. The lowest BCUT2D eigenvalue weighted by molar-refractivity contribution is 0.102. The van der Waals surface area contributed by atoms with Crippen LogP contribution in [-0.4, -0.2) is 10.5 Å². The van der Waals surface area contributed by atoms with Gasteiger partial charge in [0.2, 0.25) is 0 Å². The molecule has 0 aliphatic carbocycles. The second kappa shape index (κ2) is 6.08. The minimum Gasteiger partial charge on any atom is -0.322 e. The summed E-state index contributed by atoms with van der Waals surface area (Å²) in [4.78, 5) is 25.1. The largest absolute Gasteiger partial charge is 0.322 e. The van der Waals surface area contributed by atoms with Crippen LogP contribution in [0.2, 0.25) is 0 Å². The number of carbonyl (C=O) groups excluding carboxylic acids is 1. The molecular weight excluding hydrogens is 288 g/mol. The fourth-order valence-electron chi connectivity index (χ4n) is 2.64. The number of amides is 1. The molecule has 3 rings (SSSR count). The Balaban J connectivity index is 2.05. The average Bonchev–Trinajstić information content (AvgIpc) is 2.56. The molecule has 0 fully saturated rings. The Morgan fingerprint density at radius 1 is 1.09 bits per heavy atom. The van der Waals surface area contributed by atoms with Crippen molar-refractivity contribution in [3.63, 3.8) is 0 Å². The Morgan fingerprint density at radius 2 is 1.78 bits per heavy atom. The molecule has 0 atom stereocenters. The van der Waals surface area contributed by atoms with E-state index in [9.17, 15) is 9.59 Å². The van der Waals surface area contributed by atoms with E-state index in [1.165, 1.54) is 0 Å². The van der Waals surface area contributed by atoms with Gasteiger partial charge in [0.05, 0.1) is 5.52 Å². The fourth-order valence-corrected chi connectivity index (χ4v) is 2.64. The number of para-hydroxylation sites is 1. The SMILES string of the molecule is CCn1c(=O)c(C(=O)Nc2ccc(C)cc2)cc2ccccc21. The number of benzene rings is 2. The van der Waals surface area contributed by atoms with Crippen molar-refractivity contribution in [3.8, 4) is 0 Å². The van der Waals surface area contributed by atoms with Crippen LogP contribution in [-0.2, 0) is 6.54 Å². The van der Waals surface area contributed by atoms with Crippen LogP contribution in [0.5, 0.6) is 0 Å². The Bertz CT molecular complexity index is 924. The molecule has 2 aromatic carbocycles. The predicted molar refractivity (Wildman–Crippen MR) is 93.0 cm³/mol. The summed E-state index contributed by atoms with van der Waals surface area (Å²) in [7, 11) is 0. The number of anilines is 1. The number of nitrogens with one attached hydrogen (secondary N) is 1. The van der Waals surface area contributed by atoms with Gasteiger partial charge in [-0.2, -0.15) is 0 Å². The van der Waals surface area contributed by atoms with Crippen molar-refractivity contribution in [2.24, 2.45) is 0 Å². The second-order valence-electron chi connectivity index (χ2n) is 5.49. The summed E-state index contributed by atoms with van der Waals surface area (Å²) in [6, 6.07) is 16.7. The Kier molecular flexibility index (Phi) is 3.98. The van der Waals surface area contributed by atoms with Gasteiger partial charge in [-0.05, 0) is 43.5 Å². The van der Waals surface area contributed by atoms with Crippen molar-refractivity contribution in [1.82, 2.24) is 4.57 Å². The molecule has 1 amide bonds. The fraction of sp³-hybridized carbons (Fsp3) is 0.158. The van der Waals surface area contributed by atoms with E-state index in [1.807, 2.05) is 62.4 Å². The molecule has 0 spiro atoms. The van der Waals surface area contributed by atoms with Crippen molar-refractivity contribution in [2.75, 3.05) is 5.32 Å². The molecule has 0 unspecified atom stereocenters. The lowest BCUT2D eigenvalue weighted by Crippen LogP contribution is -2.29. The first-order chi connectivity index (χ1) is 11.1. The van der Waals surface area contributed by atoms with Crippen LogP contribution in [0.15, 0.2) is 59.4 Å². The maximum Gasteiger partial charge on any atom is 0.263 e. The first-order valence-electron chi connectivity index (χ1n) is 7.60. The summed E-state index contributed by atoms with van der Waals surface area (Å²) >= 11 is 0. The molecule has 1 N–H and O–H groups in total. The van der Waals surface area contributed by atoms with Gasteiger partial charge in [0.1, 0.15) is 5.56 Å². The number of nitrogens with zero attached hydrogens (tertiary/aromatic N) is 1. The smallest absolute Gasteiger partial charge is 0.263 e. The van der Waals surface area contributed by atoms with Gasteiger partial charge in [0.15, 0.2) is 0 Å². The topological polar surface area (TPSA) is 51.1 Å². The molecule has 1 heterocycles. The molecule has 4 nitrogen and oxygen atoms in total. The molecule has 0 bridgehead atoms. The summed E-state index contributed by atoms with van der Waals surface area (Å²) in [5.41, 5.74) is 2.52. The maximum atomic E-state index is 12.6. The minimum atomic E-state index is -0.383. The van der Waals surface area contributed by atoms with Crippen molar-refractivity contribution in [3.05, 3.63) is 76.1 Å². The van der Waals surface area contributed by atoms with E-state index in [-0.39, 0.29) is 17.0 Å². The number of carbonyl (C=O) groups is 1. The quantitative estimate of drug-likeness (QED) is 0.804. The molecule has 0 radical (unpaired) electrons. The van der Waals surface area contributed by atoms with E-state index in [2.05, 4.69) is 5.32 Å². The summed E-state index contributed by atoms with van der Waals surface area (Å²) in [6.07, 6.45) is 0. The first kappa shape index (κ1) is 15.0. The number of rotatable bonds is 3. The summed E-state index contributed by atoms with van der Waals surface area (Å²) in [5.74, 6) is -0.383. The number of aromatic nitrogens is 1. The zero-order valence-corrected chi connectivity index (χ0v) is 13.2. The molecule has 116 valence electrons. The first-order valence-corrected chi connectivity index (χ1v) is 7.60. The molecule has 1 aromatic heterocycles. The van der Waals surface area contributed by atoms with Crippen LogP contribution in [0.1, 0.15) is 22.8 Å². The van der Waals surface area contributed by atoms with Crippen LogP contribution in [0.4, 0.5) is 5.69 Å². The van der Waals surface area contributed by atoms with Gasteiger partial charge < -0.3 is 9.88 Å². The van der Waals surface area contributed by atoms with Crippen LogP contribution >= 0.6 is 0 Å². The number of hydrogen-bond donors (Lipinski definition) is 1. The highest BCUT2D eigenvalue weighted by Gasteiger charge is 2.15. The maximum absolute atomic E-state index is 12.6. The van der Waals surface area contributed by atoms with Gasteiger partial charge in [0.25, 0.3) is 11.5 Å². The van der Waals surface area contributed by atoms with E-state index in [0.29, 0.717) is 12.2 Å². The van der Waals surface area contributed by atoms with Gasteiger partial charge >= 0.3 is 0 Å². The molecule has 3 aromatic rings. The van der Waals surface area contributed by atoms with Gasteiger partial charge in [-0.3, -0.25) is 9.59 Å². The van der Waals surface area contributed by atoms with Gasteiger partial charge in [0, 0.05) is 12.2 Å². The molecule has 0 aliphatic rings. The normalized spacial score (nSPS) is 10.7. The second-order valence-corrected chi connectivity index (χ2v) is 5.49. The Hall–Kier alpha value is -2.88. The number of pyridine rings is 1. The zero-order valence-electron chi connectivity index (χ0n) is 13.2. The highest BCUT2D eigenvalue weighted by molar-refractivity contribution is 6.05. The third-order valence-corrected chi connectivity index (χ3v) is 3.87. The van der Waals surface area contributed by atoms with Gasteiger partial charge in [-0.15, -0.1) is 0 Å². The Labute approximate surface area is 134 Å². The van der Waals surface area contributed by atoms with Crippen LogP contribution in [0.3, 0.4) is 0 Å². The predicted octanol–water partition coefficient (Wildman–Crippen LogP) is 3.58.